The first-order valence-corrected chi connectivity index (χ1v) is 8.32. The summed E-state index contributed by atoms with van der Waals surface area (Å²) in [7, 11) is -3.58. The molecule has 0 aromatic carbocycles. The summed E-state index contributed by atoms with van der Waals surface area (Å²) in [5.41, 5.74) is 0. The number of carboxylic acid groups (broad SMARTS) is 1. The molecule has 1 aliphatic heterocycles. The van der Waals surface area contributed by atoms with E-state index in [-0.39, 0.29) is 6.54 Å². The Morgan fingerprint density at radius 2 is 2.11 bits per heavy atom. The second-order valence-corrected chi connectivity index (χ2v) is 8.19. The second kappa shape index (κ2) is 4.88. The van der Waals surface area contributed by atoms with E-state index in [4.69, 9.17) is 5.11 Å². The lowest BCUT2D eigenvalue weighted by atomic mass is 10.0. The smallest absolute Gasteiger partial charge is 0.308 e. The van der Waals surface area contributed by atoms with E-state index in [1.165, 1.54) is 15.6 Å². The van der Waals surface area contributed by atoms with E-state index in [1.807, 2.05) is 6.92 Å². The van der Waals surface area contributed by atoms with Gasteiger partial charge in [-0.15, -0.1) is 11.3 Å². The highest BCUT2D eigenvalue weighted by Gasteiger charge is 2.42. The van der Waals surface area contributed by atoms with Gasteiger partial charge in [0, 0.05) is 22.3 Å². The SMILES string of the molecule is Cc1cc(S(=O)(=O)N2CCC(C(=O)O)C2C)c(C)s1. The molecule has 1 aromatic heterocycles. The van der Waals surface area contributed by atoms with Crippen molar-refractivity contribution in [1.29, 1.82) is 0 Å². The number of thiophene rings is 1. The average Bonchev–Trinajstić information content (AvgIpc) is 2.82. The Balaban J connectivity index is 2.37. The van der Waals surface area contributed by atoms with E-state index in [0.717, 1.165) is 9.75 Å². The molecule has 2 unspecified atom stereocenters. The van der Waals surface area contributed by atoms with E-state index < -0.39 is 28.0 Å². The number of nitrogens with zero attached hydrogens (tertiary/aromatic N) is 1. The van der Waals surface area contributed by atoms with Gasteiger partial charge in [0.2, 0.25) is 10.0 Å². The van der Waals surface area contributed by atoms with E-state index in [1.54, 1.807) is 19.9 Å². The van der Waals surface area contributed by atoms with Crippen LogP contribution in [0.3, 0.4) is 0 Å². The number of sulfonamides is 1. The Hall–Kier alpha value is -0.920. The molecule has 5 nitrogen and oxygen atoms in total. The molecular weight excluding hydrogens is 286 g/mol. The lowest BCUT2D eigenvalue weighted by Crippen LogP contribution is -2.37. The van der Waals surface area contributed by atoms with Crippen molar-refractivity contribution in [2.24, 2.45) is 5.92 Å². The van der Waals surface area contributed by atoms with Crippen LogP contribution in [0.4, 0.5) is 0 Å². The monoisotopic (exact) mass is 303 g/mol. The number of carboxylic acids is 1. The number of hydrogen-bond acceptors (Lipinski definition) is 4. The first-order chi connectivity index (χ1) is 8.75. The Kier molecular flexibility index (Phi) is 3.72. The highest BCUT2D eigenvalue weighted by atomic mass is 32.2. The molecule has 1 N–H and O–H groups in total. The minimum absolute atomic E-state index is 0.273. The normalized spacial score (nSPS) is 24.8. The first kappa shape index (κ1) is 14.5. The van der Waals surface area contributed by atoms with Crippen molar-refractivity contribution in [2.75, 3.05) is 6.54 Å². The van der Waals surface area contributed by atoms with Crippen molar-refractivity contribution >= 4 is 27.3 Å². The van der Waals surface area contributed by atoms with Crippen LogP contribution in [0.15, 0.2) is 11.0 Å². The zero-order valence-corrected chi connectivity index (χ0v) is 12.7. The van der Waals surface area contributed by atoms with Gasteiger partial charge in [-0.3, -0.25) is 4.79 Å². The van der Waals surface area contributed by atoms with E-state index >= 15 is 0 Å². The van der Waals surface area contributed by atoms with E-state index in [0.29, 0.717) is 11.3 Å². The summed E-state index contributed by atoms with van der Waals surface area (Å²) in [5, 5.41) is 9.08. The van der Waals surface area contributed by atoms with Crippen molar-refractivity contribution < 1.29 is 18.3 Å². The average molecular weight is 303 g/mol. The zero-order chi connectivity index (χ0) is 14.4. The van der Waals surface area contributed by atoms with Crippen LogP contribution in [0.2, 0.25) is 0 Å². The maximum Gasteiger partial charge on any atom is 0.308 e. The van der Waals surface area contributed by atoms with Gasteiger partial charge in [0.25, 0.3) is 0 Å². The first-order valence-electron chi connectivity index (χ1n) is 6.07. The number of aliphatic carboxylic acids is 1. The van der Waals surface area contributed by atoms with Gasteiger partial charge in [0.1, 0.15) is 0 Å². The van der Waals surface area contributed by atoms with Crippen LogP contribution in [0.5, 0.6) is 0 Å². The van der Waals surface area contributed by atoms with Crippen LogP contribution >= 0.6 is 11.3 Å². The standard InChI is InChI=1S/C12H17NO4S2/c1-7-6-11(9(3)18-7)19(16,17)13-5-4-10(8(13)2)12(14)15/h6,8,10H,4-5H2,1-3H3,(H,14,15). The maximum atomic E-state index is 12.6. The molecule has 7 heteroatoms. The quantitative estimate of drug-likeness (QED) is 0.924. The van der Waals surface area contributed by atoms with Gasteiger partial charge < -0.3 is 5.11 Å². The molecule has 2 heterocycles. The number of rotatable bonds is 3. The maximum absolute atomic E-state index is 12.6. The fraction of sp³-hybridized carbons (Fsp3) is 0.583. The van der Waals surface area contributed by atoms with Crippen molar-refractivity contribution in [3.8, 4) is 0 Å². The molecule has 19 heavy (non-hydrogen) atoms. The van der Waals surface area contributed by atoms with Crippen LogP contribution < -0.4 is 0 Å². The van der Waals surface area contributed by atoms with E-state index in [2.05, 4.69) is 0 Å². The molecule has 1 saturated heterocycles. The summed E-state index contributed by atoms with van der Waals surface area (Å²) >= 11 is 1.44. The van der Waals surface area contributed by atoms with Gasteiger partial charge in [0.15, 0.2) is 0 Å². The molecule has 0 spiro atoms. The summed E-state index contributed by atoms with van der Waals surface area (Å²) in [6.45, 7) is 5.58. The lowest BCUT2D eigenvalue weighted by molar-refractivity contribution is -0.142. The van der Waals surface area contributed by atoms with Crippen molar-refractivity contribution in [1.82, 2.24) is 4.31 Å². The fourth-order valence-electron chi connectivity index (χ4n) is 2.57. The Labute approximate surface area is 116 Å². The van der Waals surface area contributed by atoms with Crippen molar-refractivity contribution in [2.45, 2.75) is 38.1 Å². The highest BCUT2D eigenvalue weighted by Crippen LogP contribution is 2.34. The molecule has 0 aliphatic carbocycles. The van der Waals surface area contributed by atoms with E-state index in [9.17, 15) is 13.2 Å². The zero-order valence-electron chi connectivity index (χ0n) is 11.1. The topological polar surface area (TPSA) is 74.7 Å². The van der Waals surface area contributed by atoms with Crippen molar-refractivity contribution in [3.05, 3.63) is 15.8 Å². The number of hydrogen-bond donors (Lipinski definition) is 1. The molecule has 0 amide bonds. The molecule has 0 bridgehead atoms. The van der Waals surface area contributed by atoms with Gasteiger partial charge in [-0.2, -0.15) is 4.31 Å². The van der Waals surface area contributed by atoms with Crippen LogP contribution in [-0.2, 0) is 14.8 Å². The molecule has 1 aromatic rings. The predicted molar refractivity (Wildman–Crippen MR) is 72.9 cm³/mol. The third kappa shape index (κ3) is 2.42. The van der Waals surface area contributed by atoms with Gasteiger partial charge in [0.05, 0.1) is 10.8 Å². The van der Waals surface area contributed by atoms with Gasteiger partial charge in [-0.05, 0) is 33.3 Å². The summed E-state index contributed by atoms with van der Waals surface area (Å²) in [4.78, 5) is 13.1. The molecule has 1 aliphatic rings. The third-order valence-corrected chi connectivity index (χ3v) is 6.80. The second-order valence-electron chi connectivity index (χ2n) is 4.87. The minimum atomic E-state index is -3.58. The lowest BCUT2D eigenvalue weighted by Gasteiger charge is -2.22. The summed E-state index contributed by atoms with van der Waals surface area (Å²) in [6.07, 6.45) is 0.373. The number of aryl methyl sites for hydroxylation is 2. The highest BCUT2D eigenvalue weighted by molar-refractivity contribution is 7.89. The molecular formula is C12H17NO4S2. The summed E-state index contributed by atoms with van der Waals surface area (Å²) in [5.74, 6) is -1.54. The van der Waals surface area contributed by atoms with Crippen molar-refractivity contribution in [3.63, 3.8) is 0 Å². The third-order valence-electron chi connectivity index (χ3n) is 3.60. The summed E-state index contributed by atoms with van der Waals surface area (Å²) in [6, 6.07) is 1.16. The predicted octanol–water partition coefficient (Wildman–Crippen LogP) is 1.85. The van der Waals surface area contributed by atoms with Gasteiger partial charge in [-0.1, -0.05) is 0 Å². The minimum Gasteiger partial charge on any atom is -0.481 e. The Morgan fingerprint density at radius 3 is 2.53 bits per heavy atom. The largest absolute Gasteiger partial charge is 0.481 e. The molecule has 2 rings (SSSR count). The molecule has 1 fully saturated rings. The molecule has 0 saturated carbocycles. The molecule has 0 radical (unpaired) electrons. The van der Waals surface area contributed by atoms with Crippen LogP contribution in [0.1, 0.15) is 23.1 Å². The van der Waals surface area contributed by atoms with Crippen LogP contribution in [-0.4, -0.2) is 36.4 Å². The van der Waals surface area contributed by atoms with Gasteiger partial charge >= 0.3 is 5.97 Å². The van der Waals surface area contributed by atoms with Gasteiger partial charge in [-0.25, -0.2) is 8.42 Å². The number of carbonyl (C=O) groups is 1. The Morgan fingerprint density at radius 1 is 1.47 bits per heavy atom. The van der Waals surface area contributed by atoms with Crippen LogP contribution in [0.25, 0.3) is 0 Å². The molecule has 106 valence electrons. The van der Waals surface area contributed by atoms with Crippen LogP contribution in [0, 0.1) is 19.8 Å². The fourth-order valence-corrected chi connectivity index (χ4v) is 5.78. The summed E-state index contributed by atoms with van der Waals surface area (Å²) < 4.78 is 26.5. The Bertz CT molecular complexity index is 605. The molecule has 2 atom stereocenters.